The van der Waals surface area contributed by atoms with Gasteiger partial charge in [0.2, 0.25) is 0 Å². The number of aliphatic hydroxyl groups is 1. The molecule has 0 saturated carbocycles. The molecular formula is C20H20ClF2NO2. The summed E-state index contributed by atoms with van der Waals surface area (Å²) in [6, 6.07) is 10.2. The van der Waals surface area contributed by atoms with E-state index in [2.05, 4.69) is 0 Å². The molecule has 2 aromatic rings. The van der Waals surface area contributed by atoms with E-state index in [1.165, 1.54) is 12.1 Å². The van der Waals surface area contributed by atoms with Crippen LogP contribution in [0.25, 0.3) is 0 Å². The molecule has 3 nitrogen and oxygen atoms in total. The maximum absolute atomic E-state index is 14.1. The fourth-order valence-corrected chi connectivity index (χ4v) is 3.77. The Morgan fingerprint density at radius 2 is 2.04 bits per heavy atom. The first-order chi connectivity index (χ1) is 12.4. The van der Waals surface area contributed by atoms with Crippen molar-refractivity contribution in [2.75, 3.05) is 19.7 Å². The number of carbonyl (C=O) groups is 1. The third kappa shape index (κ3) is 4.05. The summed E-state index contributed by atoms with van der Waals surface area (Å²) >= 11 is 5.97. The van der Waals surface area contributed by atoms with Crippen LogP contribution >= 0.6 is 11.6 Å². The van der Waals surface area contributed by atoms with E-state index in [-0.39, 0.29) is 18.9 Å². The molecule has 1 aliphatic heterocycles. The number of carbonyl (C=O) groups excluding carboxylic acids is 1. The van der Waals surface area contributed by atoms with Crippen molar-refractivity contribution in [1.82, 2.24) is 4.90 Å². The van der Waals surface area contributed by atoms with E-state index in [4.69, 9.17) is 11.6 Å². The summed E-state index contributed by atoms with van der Waals surface area (Å²) < 4.78 is 27.2. The summed E-state index contributed by atoms with van der Waals surface area (Å²) in [5, 5.41) is 10.5. The molecule has 0 spiro atoms. The molecule has 1 fully saturated rings. The lowest BCUT2D eigenvalue weighted by Crippen LogP contribution is -2.49. The van der Waals surface area contributed by atoms with Crippen LogP contribution in [-0.4, -0.2) is 35.6 Å². The van der Waals surface area contributed by atoms with Crippen molar-refractivity contribution in [3.63, 3.8) is 0 Å². The van der Waals surface area contributed by atoms with Crippen LogP contribution in [-0.2, 0) is 6.42 Å². The average molecular weight is 380 g/mol. The molecule has 0 radical (unpaired) electrons. The number of benzene rings is 2. The average Bonchev–Trinajstić information content (AvgIpc) is 2.64. The summed E-state index contributed by atoms with van der Waals surface area (Å²) in [5.41, 5.74) is 0.183. The fraction of sp³-hybridized carbons (Fsp3) is 0.350. The molecule has 2 aromatic carbocycles. The first kappa shape index (κ1) is 18.8. The van der Waals surface area contributed by atoms with Crippen molar-refractivity contribution in [2.45, 2.75) is 19.3 Å². The number of aliphatic hydroxyl groups excluding tert-OH is 1. The SMILES string of the molecule is O=C(c1cccc(Cl)c1)N1CCCC(CO)(Cc2ccc(F)cc2F)C1. The van der Waals surface area contributed by atoms with E-state index in [1.807, 2.05) is 0 Å². The Balaban J connectivity index is 1.81. The number of hydrogen-bond acceptors (Lipinski definition) is 2. The van der Waals surface area contributed by atoms with Crippen molar-refractivity contribution in [3.05, 3.63) is 70.2 Å². The van der Waals surface area contributed by atoms with Gasteiger partial charge in [-0.1, -0.05) is 23.7 Å². The molecule has 1 atom stereocenters. The third-order valence-electron chi connectivity index (χ3n) is 4.94. The highest BCUT2D eigenvalue weighted by Crippen LogP contribution is 2.35. The van der Waals surface area contributed by atoms with E-state index in [1.54, 1.807) is 29.2 Å². The van der Waals surface area contributed by atoms with E-state index in [9.17, 15) is 18.7 Å². The Hall–Kier alpha value is -1.98. The van der Waals surface area contributed by atoms with Crippen molar-refractivity contribution in [3.8, 4) is 0 Å². The first-order valence-corrected chi connectivity index (χ1v) is 8.90. The van der Waals surface area contributed by atoms with Crippen LogP contribution in [0.15, 0.2) is 42.5 Å². The zero-order chi connectivity index (χ0) is 18.7. The molecular weight excluding hydrogens is 360 g/mol. The molecule has 1 heterocycles. The van der Waals surface area contributed by atoms with Gasteiger partial charge in [-0.25, -0.2) is 8.78 Å². The second-order valence-corrected chi connectivity index (χ2v) is 7.35. The minimum absolute atomic E-state index is 0.162. The zero-order valence-electron chi connectivity index (χ0n) is 14.2. The molecule has 1 aliphatic rings. The first-order valence-electron chi connectivity index (χ1n) is 8.52. The normalized spacial score (nSPS) is 20.2. The van der Waals surface area contributed by atoms with E-state index >= 15 is 0 Å². The molecule has 0 aromatic heterocycles. The molecule has 26 heavy (non-hydrogen) atoms. The van der Waals surface area contributed by atoms with Crippen molar-refractivity contribution in [1.29, 1.82) is 0 Å². The Kier molecular flexibility index (Phi) is 5.58. The monoisotopic (exact) mass is 379 g/mol. The van der Waals surface area contributed by atoms with E-state index in [0.29, 0.717) is 42.1 Å². The highest BCUT2D eigenvalue weighted by atomic mass is 35.5. The molecule has 1 N–H and O–H groups in total. The fourth-order valence-electron chi connectivity index (χ4n) is 3.58. The quantitative estimate of drug-likeness (QED) is 0.869. The van der Waals surface area contributed by atoms with Crippen LogP contribution in [0, 0.1) is 17.0 Å². The van der Waals surface area contributed by atoms with Gasteiger partial charge in [0, 0.05) is 35.2 Å². The summed E-state index contributed by atoms with van der Waals surface area (Å²) in [4.78, 5) is 14.5. The van der Waals surface area contributed by atoms with Gasteiger partial charge >= 0.3 is 0 Å². The summed E-state index contributed by atoms with van der Waals surface area (Å²) in [5.74, 6) is -1.42. The predicted molar refractivity (Wildman–Crippen MR) is 96.2 cm³/mol. The number of amides is 1. The van der Waals surface area contributed by atoms with Gasteiger partial charge in [0.25, 0.3) is 5.91 Å². The van der Waals surface area contributed by atoms with Crippen LogP contribution in [0.1, 0.15) is 28.8 Å². The minimum Gasteiger partial charge on any atom is -0.396 e. The van der Waals surface area contributed by atoms with Crippen LogP contribution in [0.4, 0.5) is 8.78 Å². The van der Waals surface area contributed by atoms with Crippen LogP contribution < -0.4 is 0 Å². The van der Waals surface area contributed by atoms with Crippen molar-refractivity contribution in [2.24, 2.45) is 5.41 Å². The lowest BCUT2D eigenvalue weighted by molar-refractivity contribution is 0.0268. The largest absolute Gasteiger partial charge is 0.396 e. The number of hydrogen-bond donors (Lipinski definition) is 1. The number of nitrogens with zero attached hydrogens (tertiary/aromatic N) is 1. The summed E-state index contributed by atoms with van der Waals surface area (Å²) in [7, 11) is 0. The molecule has 1 amide bonds. The van der Waals surface area contributed by atoms with E-state index < -0.39 is 17.0 Å². The Labute approximate surface area is 156 Å². The van der Waals surface area contributed by atoms with Gasteiger partial charge in [-0.15, -0.1) is 0 Å². The van der Waals surface area contributed by atoms with Crippen molar-refractivity contribution >= 4 is 17.5 Å². The summed E-state index contributed by atoms with van der Waals surface area (Å²) in [6.07, 6.45) is 1.62. The highest BCUT2D eigenvalue weighted by Gasteiger charge is 2.37. The number of rotatable bonds is 4. The van der Waals surface area contributed by atoms with Gasteiger partial charge in [0.1, 0.15) is 11.6 Å². The minimum atomic E-state index is -0.648. The number of halogens is 3. The molecule has 1 unspecified atom stereocenters. The molecule has 0 bridgehead atoms. The molecule has 1 saturated heterocycles. The Morgan fingerprint density at radius 3 is 2.73 bits per heavy atom. The number of piperidine rings is 1. The molecule has 0 aliphatic carbocycles. The second kappa shape index (κ2) is 7.72. The van der Waals surface area contributed by atoms with Crippen molar-refractivity contribution < 1.29 is 18.7 Å². The topological polar surface area (TPSA) is 40.5 Å². The zero-order valence-corrected chi connectivity index (χ0v) is 15.0. The van der Waals surface area contributed by atoms with Crippen LogP contribution in [0.5, 0.6) is 0 Å². The predicted octanol–water partition coefficient (Wildman–Crippen LogP) is 4.08. The lowest BCUT2D eigenvalue weighted by Gasteiger charge is -2.42. The maximum Gasteiger partial charge on any atom is 0.253 e. The molecule has 138 valence electrons. The van der Waals surface area contributed by atoms with Gasteiger partial charge in [-0.05, 0) is 49.1 Å². The van der Waals surface area contributed by atoms with Crippen LogP contribution in [0.3, 0.4) is 0 Å². The Morgan fingerprint density at radius 1 is 1.23 bits per heavy atom. The van der Waals surface area contributed by atoms with Gasteiger partial charge in [0.05, 0.1) is 6.61 Å². The molecule has 3 rings (SSSR count). The standard InChI is InChI=1S/C20H20ClF2NO2/c21-16-4-1-3-14(9-16)19(26)24-8-2-7-20(12-24,13-25)11-15-5-6-17(22)10-18(15)23/h1,3-6,9-10,25H,2,7-8,11-13H2. The Bertz CT molecular complexity index is 814. The van der Waals surface area contributed by atoms with Gasteiger partial charge < -0.3 is 10.0 Å². The lowest BCUT2D eigenvalue weighted by atomic mass is 9.75. The van der Waals surface area contributed by atoms with E-state index in [0.717, 1.165) is 6.07 Å². The van der Waals surface area contributed by atoms with Crippen LogP contribution in [0.2, 0.25) is 5.02 Å². The van der Waals surface area contributed by atoms with Gasteiger partial charge in [0.15, 0.2) is 0 Å². The van der Waals surface area contributed by atoms with Gasteiger partial charge in [-0.2, -0.15) is 0 Å². The summed E-state index contributed by atoms with van der Waals surface area (Å²) in [6.45, 7) is 0.702. The smallest absolute Gasteiger partial charge is 0.253 e. The number of likely N-dealkylation sites (tertiary alicyclic amines) is 1. The maximum atomic E-state index is 14.1. The highest BCUT2D eigenvalue weighted by molar-refractivity contribution is 6.30. The third-order valence-corrected chi connectivity index (χ3v) is 5.17. The molecule has 6 heteroatoms. The van der Waals surface area contributed by atoms with Gasteiger partial charge in [-0.3, -0.25) is 4.79 Å². The second-order valence-electron chi connectivity index (χ2n) is 6.91.